The third-order valence-corrected chi connectivity index (χ3v) is 4.66. The zero-order valence-corrected chi connectivity index (χ0v) is 12.5. The summed E-state index contributed by atoms with van der Waals surface area (Å²) in [5.41, 5.74) is 0.241. The van der Waals surface area contributed by atoms with Crippen LogP contribution in [0.2, 0.25) is 5.02 Å². The smallest absolute Gasteiger partial charge is 0.251 e. The van der Waals surface area contributed by atoms with Crippen LogP contribution in [-0.4, -0.2) is 20.9 Å². The molecule has 5 nitrogen and oxygen atoms in total. The van der Waals surface area contributed by atoms with Crippen LogP contribution >= 0.6 is 11.6 Å². The van der Waals surface area contributed by atoms with Gasteiger partial charge in [-0.15, -0.1) is 0 Å². The Kier molecular flexibility index (Phi) is 4.67. The second-order valence-electron chi connectivity index (χ2n) is 5.03. The molecule has 1 fully saturated rings. The van der Waals surface area contributed by atoms with Gasteiger partial charge in [0.25, 0.3) is 5.91 Å². The van der Waals surface area contributed by atoms with E-state index >= 15 is 0 Å². The van der Waals surface area contributed by atoms with Crippen LogP contribution in [0.5, 0.6) is 0 Å². The van der Waals surface area contributed by atoms with E-state index in [4.69, 9.17) is 16.7 Å². The molecule has 1 aliphatic carbocycles. The molecule has 0 bridgehead atoms. The lowest BCUT2D eigenvalue weighted by Gasteiger charge is -2.07. The van der Waals surface area contributed by atoms with Gasteiger partial charge in [-0.2, -0.15) is 0 Å². The Balaban J connectivity index is 1.98. The van der Waals surface area contributed by atoms with E-state index in [1.165, 1.54) is 31.0 Å². The standard InChI is InChI=1S/C13H17ClN2O3S/c14-11-6-5-10(8-12(11)20(15,18)19)13(17)16-7-1-2-9-3-4-9/h5-6,8-9H,1-4,7H2,(H,16,17)(H2,15,18,19). The molecule has 0 unspecified atom stereocenters. The first-order chi connectivity index (χ1) is 9.38. The number of amides is 1. The molecule has 3 N–H and O–H groups in total. The van der Waals surface area contributed by atoms with Crippen molar-refractivity contribution in [1.82, 2.24) is 5.32 Å². The van der Waals surface area contributed by atoms with Gasteiger partial charge in [0.1, 0.15) is 4.90 Å². The number of hydrogen-bond acceptors (Lipinski definition) is 3. The molecule has 1 aliphatic rings. The molecular weight excluding hydrogens is 300 g/mol. The highest BCUT2D eigenvalue weighted by Crippen LogP contribution is 2.33. The Hall–Kier alpha value is -1.11. The van der Waals surface area contributed by atoms with E-state index in [0.717, 1.165) is 18.8 Å². The summed E-state index contributed by atoms with van der Waals surface area (Å²) in [6, 6.07) is 4.04. The summed E-state index contributed by atoms with van der Waals surface area (Å²) in [6.45, 7) is 0.586. The van der Waals surface area contributed by atoms with Crippen molar-refractivity contribution < 1.29 is 13.2 Å². The van der Waals surface area contributed by atoms with Gasteiger partial charge in [-0.1, -0.05) is 24.4 Å². The van der Waals surface area contributed by atoms with Gasteiger partial charge in [0.2, 0.25) is 10.0 Å². The summed E-state index contributed by atoms with van der Waals surface area (Å²) >= 11 is 5.76. The molecule has 1 saturated carbocycles. The number of primary sulfonamides is 1. The lowest BCUT2D eigenvalue weighted by molar-refractivity contribution is 0.0952. The van der Waals surface area contributed by atoms with E-state index in [0.29, 0.717) is 6.54 Å². The first-order valence-electron chi connectivity index (χ1n) is 6.48. The number of nitrogens with one attached hydrogen (secondary N) is 1. The van der Waals surface area contributed by atoms with E-state index in [9.17, 15) is 13.2 Å². The van der Waals surface area contributed by atoms with Gasteiger partial charge < -0.3 is 5.32 Å². The van der Waals surface area contributed by atoms with Crippen LogP contribution < -0.4 is 10.5 Å². The number of hydrogen-bond donors (Lipinski definition) is 2. The van der Waals surface area contributed by atoms with Gasteiger partial charge in [-0.05, 0) is 37.0 Å². The normalized spacial score (nSPS) is 15.1. The van der Waals surface area contributed by atoms with Crippen molar-refractivity contribution in [2.24, 2.45) is 11.1 Å². The highest BCUT2D eigenvalue weighted by atomic mass is 35.5. The monoisotopic (exact) mass is 316 g/mol. The SMILES string of the molecule is NS(=O)(=O)c1cc(C(=O)NCCCC2CC2)ccc1Cl. The predicted molar refractivity (Wildman–Crippen MR) is 77.1 cm³/mol. The summed E-state index contributed by atoms with van der Waals surface area (Å²) < 4.78 is 22.7. The molecule has 0 aliphatic heterocycles. The molecule has 0 atom stereocenters. The number of carbonyl (C=O) groups is 1. The largest absolute Gasteiger partial charge is 0.352 e. The molecule has 1 amide bonds. The molecule has 7 heteroatoms. The molecule has 110 valence electrons. The number of sulfonamides is 1. The number of benzene rings is 1. The predicted octanol–water partition coefficient (Wildman–Crippen LogP) is 1.91. The third kappa shape index (κ3) is 4.19. The second kappa shape index (κ2) is 6.11. The average Bonchev–Trinajstić information content (AvgIpc) is 3.17. The molecule has 0 radical (unpaired) electrons. The first-order valence-corrected chi connectivity index (χ1v) is 8.41. The van der Waals surface area contributed by atoms with Crippen LogP contribution in [0.4, 0.5) is 0 Å². The minimum absolute atomic E-state index is 0.0118. The molecule has 20 heavy (non-hydrogen) atoms. The van der Waals surface area contributed by atoms with Crippen LogP contribution in [0.1, 0.15) is 36.0 Å². The Bertz CT molecular complexity index is 612. The van der Waals surface area contributed by atoms with Crippen molar-refractivity contribution in [3.05, 3.63) is 28.8 Å². The highest BCUT2D eigenvalue weighted by molar-refractivity contribution is 7.89. The fourth-order valence-electron chi connectivity index (χ4n) is 1.96. The lowest BCUT2D eigenvalue weighted by Crippen LogP contribution is -2.25. The van der Waals surface area contributed by atoms with Crippen LogP contribution in [0.3, 0.4) is 0 Å². The van der Waals surface area contributed by atoms with Crippen molar-refractivity contribution in [2.45, 2.75) is 30.6 Å². The third-order valence-electron chi connectivity index (χ3n) is 3.27. The fourth-order valence-corrected chi connectivity index (χ4v) is 3.04. The van der Waals surface area contributed by atoms with Crippen LogP contribution in [0, 0.1) is 5.92 Å². The molecule has 0 heterocycles. The van der Waals surface area contributed by atoms with Gasteiger partial charge in [0.05, 0.1) is 5.02 Å². The lowest BCUT2D eigenvalue weighted by atomic mass is 10.2. The summed E-state index contributed by atoms with van der Waals surface area (Å²) in [7, 11) is -3.93. The van der Waals surface area contributed by atoms with Gasteiger partial charge in [0.15, 0.2) is 0 Å². The molecule has 0 spiro atoms. The van der Waals surface area contributed by atoms with Gasteiger partial charge in [-0.3, -0.25) is 4.79 Å². The van der Waals surface area contributed by atoms with Crippen LogP contribution in [0.25, 0.3) is 0 Å². The van der Waals surface area contributed by atoms with Crippen LogP contribution in [-0.2, 0) is 10.0 Å². The van der Waals surface area contributed by atoms with Crippen molar-refractivity contribution in [3.63, 3.8) is 0 Å². The topological polar surface area (TPSA) is 89.3 Å². The summed E-state index contributed by atoms with van der Waals surface area (Å²) in [4.78, 5) is 11.7. The Morgan fingerprint density at radius 1 is 1.40 bits per heavy atom. The van der Waals surface area contributed by atoms with E-state index < -0.39 is 10.0 Å². The van der Waals surface area contributed by atoms with Crippen molar-refractivity contribution in [2.75, 3.05) is 6.54 Å². The minimum Gasteiger partial charge on any atom is -0.352 e. The maximum atomic E-state index is 11.9. The maximum Gasteiger partial charge on any atom is 0.251 e. The zero-order valence-electron chi connectivity index (χ0n) is 10.9. The van der Waals surface area contributed by atoms with Crippen molar-refractivity contribution in [3.8, 4) is 0 Å². The first kappa shape index (κ1) is 15.3. The number of nitrogens with two attached hydrogens (primary N) is 1. The van der Waals surface area contributed by atoms with Gasteiger partial charge in [0, 0.05) is 12.1 Å². The van der Waals surface area contributed by atoms with Crippen LogP contribution in [0.15, 0.2) is 23.1 Å². The number of carbonyl (C=O) groups excluding carboxylic acids is 1. The maximum absolute atomic E-state index is 11.9. The molecule has 0 aromatic heterocycles. The van der Waals surface area contributed by atoms with Crippen molar-refractivity contribution in [1.29, 1.82) is 0 Å². The zero-order chi connectivity index (χ0) is 14.8. The van der Waals surface area contributed by atoms with E-state index in [2.05, 4.69) is 5.32 Å². The summed E-state index contributed by atoms with van der Waals surface area (Å²) in [5, 5.41) is 7.82. The van der Waals surface area contributed by atoms with E-state index in [1.54, 1.807) is 0 Å². The Morgan fingerprint density at radius 2 is 2.10 bits per heavy atom. The number of halogens is 1. The Labute approximate surface area is 123 Å². The molecule has 2 rings (SSSR count). The van der Waals surface area contributed by atoms with E-state index in [-0.39, 0.29) is 21.4 Å². The fraction of sp³-hybridized carbons (Fsp3) is 0.462. The summed E-state index contributed by atoms with van der Waals surface area (Å²) in [6.07, 6.45) is 4.65. The molecule has 1 aromatic carbocycles. The van der Waals surface area contributed by atoms with Gasteiger partial charge >= 0.3 is 0 Å². The quantitative estimate of drug-likeness (QED) is 0.786. The highest BCUT2D eigenvalue weighted by Gasteiger charge is 2.20. The Morgan fingerprint density at radius 3 is 2.70 bits per heavy atom. The van der Waals surface area contributed by atoms with Gasteiger partial charge in [-0.25, -0.2) is 13.6 Å². The number of rotatable bonds is 6. The molecule has 0 saturated heterocycles. The second-order valence-corrected chi connectivity index (χ2v) is 6.97. The summed E-state index contributed by atoms with van der Waals surface area (Å²) in [5.74, 6) is 0.513. The average molecular weight is 317 g/mol. The van der Waals surface area contributed by atoms with Crippen molar-refractivity contribution >= 4 is 27.5 Å². The molecule has 1 aromatic rings. The minimum atomic E-state index is -3.93. The molecular formula is C13H17ClN2O3S. The van der Waals surface area contributed by atoms with E-state index in [1.807, 2.05) is 0 Å².